The van der Waals surface area contributed by atoms with E-state index in [-0.39, 0.29) is 13.2 Å². The van der Waals surface area contributed by atoms with Gasteiger partial charge in [-0.05, 0) is 12.8 Å². The van der Waals surface area contributed by atoms with E-state index in [1.807, 2.05) is 0 Å². The quantitative estimate of drug-likeness (QED) is 0.388. The van der Waals surface area contributed by atoms with Crippen LogP contribution in [0.5, 0.6) is 0 Å². The molecule has 3 N–H and O–H groups in total. The molecule has 0 aliphatic carbocycles. The lowest BCUT2D eigenvalue weighted by molar-refractivity contribution is 0.193. The Labute approximate surface area is 97.1 Å². The lowest BCUT2D eigenvalue weighted by Gasteiger charge is -2.04. The second-order valence-electron chi connectivity index (χ2n) is 3.88. The Morgan fingerprint density at radius 2 is 1.25 bits per heavy atom. The molecule has 0 amide bonds. The fourth-order valence-electron chi connectivity index (χ4n) is 1.46. The first-order valence-corrected chi connectivity index (χ1v) is 7.40. The van der Waals surface area contributed by atoms with Crippen LogP contribution in [0.2, 0.25) is 0 Å². The maximum Gasteiger partial charge on any atom is 0.469 e. The normalized spacial score (nSPS) is 11.9. The summed E-state index contributed by atoms with van der Waals surface area (Å²) in [6.45, 7) is 0.411. The van der Waals surface area contributed by atoms with Crippen LogP contribution >= 0.6 is 7.82 Å². The first-order valence-electron chi connectivity index (χ1n) is 5.87. The van der Waals surface area contributed by atoms with Crippen LogP contribution in [-0.2, 0) is 9.09 Å². The van der Waals surface area contributed by atoms with Crippen molar-refractivity contribution in [3.8, 4) is 0 Å². The lowest BCUT2D eigenvalue weighted by atomic mass is 10.1. The largest absolute Gasteiger partial charge is 0.469 e. The molecule has 0 saturated heterocycles. The zero-order valence-electron chi connectivity index (χ0n) is 9.68. The monoisotopic (exact) mass is 254 g/mol. The fraction of sp³-hybridized carbons (Fsp3) is 1.00. The molecule has 16 heavy (non-hydrogen) atoms. The molecule has 0 aliphatic rings. The summed E-state index contributed by atoms with van der Waals surface area (Å²) in [7, 11) is -4.26. The molecular weight excluding hydrogens is 231 g/mol. The zero-order valence-corrected chi connectivity index (χ0v) is 10.6. The molecule has 0 bridgehead atoms. The van der Waals surface area contributed by atoms with Crippen molar-refractivity contribution in [2.75, 3.05) is 13.2 Å². The number of phosphoric acid groups is 1. The second kappa shape index (κ2) is 10.2. The van der Waals surface area contributed by atoms with Gasteiger partial charge in [0.05, 0.1) is 6.61 Å². The van der Waals surface area contributed by atoms with Crippen molar-refractivity contribution >= 4 is 7.82 Å². The van der Waals surface area contributed by atoms with Crippen molar-refractivity contribution in [3.63, 3.8) is 0 Å². The highest BCUT2D eigenvalue weighted by molar-refractivity contribution is 7.46. The van der Waals surface area contributed by atoms with Gasteiger partial charge in [0.25, 0.3) is 0 Å². The lowest BCUT2D eigenvalue weighted by Crippen LogP contribution is -1.92. The van der Waals surface area contributed by atoms with Crippen molar-refractivity contribution in [2.24, 2.45) is 0 Å². The van der Waals surface area contributed by atoms with E-state index in [4.69, 9.17) is 14.9 Å². The van der Waals surface area contributed by atoms with Gasteiger partial charge in [-0.3, -0.25) is 4.52 Å². The smallest absolute Gasteiger partial charge is 0.396 e. The molecule has 0 aromatic heterocycles. The van der Waals surface area contributed by atoms with E-state index in [1.54, 1.807) is 0 Å². The van der Waals surface area contributed by atoms with E-state index in [1.165, 1.54) is 6.42 Å². The number of unbranched alkanes of at least 4 members (excludes halogenated alkanes) is 7. The van der Waals surface area contributed by atoms with E-state index in [0.29, 0.717) is 6.42 Å². The van der Waals surface area contributed by atoms with Gasteiger partial charge in [0.15, 0.2) is 0 Å². The molecule has 0 heterocycles. The molecule has 0 radical (unpaired) electrons. The summed E-state index contributed by atoms with van der Waals surface area (Å²) >= 11 is 0. The number of phosphoric ester groups is 1. The van der Waals surface area contributed by atoms with Crippen molar-refractivity contribution < 1.29 is 24.0 Å². The molecule has 0 saturated carbocycles. The number of rotatable bonds is 11. The van der Waals surface area contributed by atoms with Gasteiger partial charge in [0.1, 0.15) is 0 Å². The number of aliphatic hydroxyl groups is 1. The Bertz CT molecular complexity index is 192. The molecule has 0 fully saturated rings. The number of aliphatic hydroxyl groups excluding tert-OH is 1. The summed E-state index contributed by atoms with van der Waals surface area (Å²) in [5.74, 6) is 0. The van der Waals surface area contributed by atoms with Gasteiger partial charge in [0, 0.05) is 6.61 Å². The number of hydrogen-bond donors (Lipinski definition) is 3. The summed E-state index contributed by atoms with van der Waals surface area (Å²) < 4.78 is 14.6. The Hall–Kier alpha value is 0.0700. The second-order valence-corrected chi connectivity index (χ2v) is 5.12. The maximum atomic E-state index is 10.3. The van der Waals surface area contributed by atoms with Gasteiger partial charge in [-0.1, -0.05) is 38.5 Å². The standard InChI is InChI=1S/C10H23O5P/c11-9-7-5-3-1-2-4-6-8-10-15-16(12,13)14/h11H,1-10H2,(H2,12,13,14). The van der Waals surface area contributed by atoms with Gasteiger partial charge < -0.3 is 14.9 Å². The Morgan fingerprint density at radius 3 is 1.69 bits per heavy atom. The average Bonchev–Trinajstić information content (AvgIpc) is 2.19. The highest BCUT2D eigenvalue weighted by Crippen LogP contribution is 2.35. The number of hydrogen-bond acceptors (Lipinski definition) is 3. The van der Waals surface area contributed by atoms with Crippen molar-refractivity contribution in [1.82, 2.24) is 0 Å². The Balaban J connectivity index is 3.02. The van der Waals surface area contributed by atoms with Crippen LogP contribution < -0.4 is 0 Å². The average molecular weight is 254 g/mol. The summed E-state index contributed by atoms with van der Waals surface area (Å²) in [6, 6.07) is 0. The van der Waals surface area contributed by atoms with Crippen LogP contribution in [0.25, 0.3) is 0 Å². The third-order valence-corrected chi connectivity index (χ3v) is 2.83. The van der Waals surface area contributed by atoms with Crippen LogP contribution in [-0.4, -0.2) is 28.1 Å². The van der Waals surface area contributed by atoms with Crippen molar-refractivity contribution in [1.29, 1.82) is 0 Å². The fourth-order valence-corrected chi connectivity index (χ4v) is 1.82. The topological polar surface area (TPSA) is 87.0 Å². The zero-order chi connectivity index (χ0) is 12.3. The molecule has 0 aliphatic heterocycles. The minimum absolute atomic E-state index is 0.134. The summed E-state index contributed by atoms with van der Waals surface area (Å²) in [5.41, 5.74) is 0. The highest BCUT2D eigenvalue weighted by Gasteiger charge is 2.12. The SMILES string of the molecule is O=P(O)(O)OCCCCCCCCCCO. The van der Waals surface area contributed by atoms with Crippen molar-refractivity contribution in [3.05, 3.63) is 0 Å². The van der Waals surface area contributed by atoms with E-state index < -0.39 is 7.82 Å². The Kier molecular flexibility index (Phi) is 10.3. The van der Waals surface area contributed by atoms with E-state index in [2.05, 4.69) is 4.52 Å². The van der Waals surface area contributed by atoms with Crippen LogP contribution in [0.1, 0.15) is 51.4 Å². The van der Waals surface area contributed by atoms with Crippen molar-refractivity contribution in [2.45, 2.75) is 51.4 Å². The van der Waals surface area contributed by atoms with Gasteiger partial charge in [-0.15, -0.1) is 0 Å². The molecule has 0 spiro atoms. The molecule has 0 unspecified atom stereocenters. The summed E-state index contributed by atoms with van der Waals surface area (Å²) in [5, 5.41) is 8.55. The molecule has 5 nitrogen and oxygen atoms in total. The molecule has 98 valence electrons. The maximum absolute atomic E-state index is 10.3. The van der Waals surface area contributed by atoms with Crippen LogP contribution in [0.3, 0.4) is 0 Å². The van der Waals surface area contributed by atoms with E-state index >= 15 is 0 Å². The molecule has 0 atom stereocenters. The van der Waals surface area contributed by atoms with Crippen LogP contribution in [0.4, 0.5) is 0 Å². The van der Waals surface area contributed by atoms with E-state index in [9.17, 15) is 4.57 Å². The summed E-state index contributed by atoms with van der Waals surface area (Å²) in [4.78, 5) is 16.8. The molecule has 0 rings (SSSR count). The molecular formula is C10H23O5P. The third kappa shape index (κ3) is 14.1. The highest BCUT2D eigenvalue weighted by atomic mass is 31.2. The Morgan fingerprint density at radius 1 is 0.812 bits per heavy atom. The third-order valence-electron chi connectivity index (χ3n) is 2.31. The minimum Gasteiger partial charge on any atom is -0.396 e. The first kappa shape index (κ1) is 16.1. The summed E-state index contributed by atoms with van der Waals surface area (Å²) in [6.07, 6.45) is 8.14. The van der Waals surface area contributed by atoms with Crippen LogP contribution in [0, 0.1) is 0 Å². The van der Waals surface area contributed by atoms with Crippen LogP contribution in [0.15, 0.2) is 0 Å². The predicted molar refractivity (Wildman–Crippen MR) is 62.0 cm³/mol. The van der Waals surface area contributed by atoms with Gasteiger partial charge >= 0.3 is 7.82 Å². The predicted octanol–water partition coefficient (Wildman–Crippen LogP) is 2.21. The molecule has 0 aromatic rings. The first-order chi connectivity index (χ1) is 7.56. The van der Waals surface area contributed by atoms with Gasteiger partial charge in [-0.25, -0.2) is 4.57 Å². The van der Waals surface area contributed by atoms with Gasteiger partial charge in [0.2, 0.25) is 0 Å². The molecule has 0 aromatic carbocycles. The molecule has 6 heteroatoms. The van der Waals surface area contributed by atoms with Gasteiger partial charge in [-0.2, -0.15) is 0 Å². The minimum atomic E-state index is -4.26. The van der Waals surface area contributed by atoms with E-state index in [0.717, 1.165) is 38.5 Å².